The minimum Gasteiger partial charge on any atom is -0.480 e. The van der Waals surface area contributed by atoms with Gasteiger partial charge in [-0.3, -0.25) is 14.5 Å². The Morgan fingerprint density at radius 2 is 1.82 bits per heavy atom. The Kier molecular flexibility index (Phi) is 2.93. The average Bonchev–Trinajstić information content (AvgIpc) is 2.73. The van der Waals surface area contributed by atoms with Crippen molar-refractivity contribution in [3.05, 3.63) is 0 Å². The van der Waals surface area contributed by atoms with Gasteiger partial charge in [0.25, 0.3) is 0 Å². The van der Waals surface area contributed by atoms with Crippen molar-refractivity contribution < 1.29 is 19.5 Å². The van der Waals surface area contributed by atoms with E-state index in [2.05, 4.69) is 0 Å². The smallest absolute Gasteiger partial charge is 0.326 e. The summed E-state index contributed by atoms with van der Waals surface area (Å²) in [5.41, 5.74) is 0. The molecule has 1 aliphatic heterocycles. The minimum atomic E-state index is -1.10. The summed E-state index contributed by atoms with van der Waals surface area (Å²) < 4.78 is 0. The summed E-state index contributed by atoms with van der Waals surface area (Å²) in [6, 6.07) is -0.990. The van der Waals surface area contributed by atoms with Crippen LogP contribution in [0.25, 0.3) is 0 Å². The van der Waals surface area contributed by atoms with Gasteiger partial charge in [-0.1, -0.05) is 13.8 Å². The third kappa shape index (κ3) is 1.73. The number of rotatable bonds is 3. The Morgan fingerprint density at radius 3 is 2.18 bits per heavy atom. The van der Waals surface area contributed by atoms with E-state index in [0.717, 1.165) is 4.90 Å². The maximum atomic E-state index is 12.1. The van der Waals surface area contributed by atoms with Gasteiger partial charge < -0.3 is 5.11 Å². The zero-order valence-corrected chi connectivity index (χ0v) is 10.0. The zero-order valence-electron chi connectivity index (χ0n) is 10.0. The summed E-state index contributed by atoms with van der Waals surface area (Å²) in [7, 11) is 0. The molecule has 0 spiro atoms. The third-order valence-corrected chi connectivity index (χ3v) is 3.89. The molecule has 0 radical (unpaired) electrons. The lowest BCUT2D eigenvalue weighted by Gasteiger charge is -2.22. The van der Waals surface area contributed by atoms with Gasteiger partial charge in [-0.15, -0.1) is 0 Å². The first kappa shape index (κ1) is 12.1. The van der Waals surface area contributed by atoms with E-state index in [4.69, 9.17) is 5.11 Å². The molecular formula is C12H17NO4. The molecule has 0 bridgehead atoms. The molecule has 2 fully saturated rings. The maximum Gasteiger partial charge on any atom is 0.326 e. The Labute approximate surface area is 99.8 Å². The molecular weight excluding hydrogens is 222 g/mol. The van der Waals surface area contributed by atoms with Crippen molar-refractivity contribution in [1.29, 1.82) is 0 Å². The SMILES string of the molecule is CCC(C(=O)O)N1C(=O)C2CC(C)CC2C1=O. The van der Waals surface area contributed by atoms with Crippen LogP contribution in [0.2, 0.25) is 0 Å². The molecule has 1 N–H and O–H groups in total. The van der Waals surface area contributed by atoms with Gasteiger partial charge in [-0.25, -0.2) is 4.79 Å². The highest BCUT2D eigenvalue weighted by molar-refractivity contribution is 6.08. The second-order valence-corrected chi connectivity index (χ2v) is 5.10. The van der Waals surface area contributed by atoms with Crippen molar-refractivity contribution >= 4 is 17.8 Å². The highest BCUT2D eigenvalue weighted by Crippen LogP contribution is 2.43. The van der Waals surface area contributed by atoms with Gasteiger partial charge >= 0.3 is 5.97 Å². The van der Waals surface area contributed by atoms with Crippen LogP contribution in [0.4, 0.5) is 0 Å². The van der Waals surface area contributed by atoms with Crippen molar-refractivity contribution in [3.63, 3.8) is 0 Å². The normalized spacial score (nSPS) is 34.0. The van der Waals surface area contributed by atoms with Crippen LogP contribution >= 0.6 is 0 Å². The number of aliphatic carboxylic acids is 1. The predicted molar refractivity (Wildman–Crippen MR) is 58.9 cm³/mol. The van der Waals surface area contributed by atoms with Crippen LogP contribution in [0.15, 0.2) is 0 Å². The Hall–Kier alpha value is -1.39. The number of hydrogen-bond acceptors (Lipinski definition) is 3. The Morgan fingerprint density at radius 1 is 1.35 bits per heavy atom. The fourth-order valence-electron chi connectivity index (χ4n) is 3.08. The van der Waals surface area contributed by atoms with Crippen molar-refractivity contribution in [1.82, 2.24) is 4.90 Å². The van der Waals surface area contributed by atoms with Crippen LogP contribution in [0.3, 0.4) is 0 Å². The largest absolute Gasteiger partial charge is 0.480 e. The van der Waals surface area contributed by atoms with Gasteiger partial charge in [0.2, 0.25) is 11.8 Å². The van der Waals surface area contributed by atoms with Crippen LogP contribution in [0.1, 0.15) is 33.1 Å². The highest BCUT2D eigenvalue weighted by Gasteiger charge is 2.54. The molecule has 0 aromatic rings. The Bertz CT molecular complexity index is 355. The first-order valence-electron chi connectivity index (χ1n) is 6.07. The van der Waals surface area contributed by atoms with Crippen LogP contribution < -0.4 is 0 Å². The number of carbonyl (C=O) groups excluding carboxylic acids is 2. The highest BCUT2D eigenvalue weighted by atomic mass is 16.4. The van der Waals surface area contributed by atoms with E-state index >= 15 is 0 Å². The molecule has 3 atom stereocenters. The second kappa shape index (κ2) is 4.13. The fourth-order valence-corrected chi connectivity index (χ4v) is 3.08. The van der Waals surface area contributed by atoms with Gasteiger partial charge in [-0.05, 0) is 25.2 Å². The number of fused-ring (bicyclic) bond motifs is 1. The molecule has 94 valence electrons. The molecule has 1 saturated carbocycles. The molecule has 5 nitrogen and oxygen atoms in total. The molecule has 1 heterocycles. The van der Waals surface area contributed by atoms with Gasteiger partial charge in [0, 0.05) is 0 Å². The summed E-state index contributed by atoms with van der Waals surface area (Å²) in [4.78, 5) is 36.2. The molecule has 3 unspecified atom stereocenters. The summed E-state index contributed by atoms with van der Waals surface area (Å²) >= 11 is 0. The number of carboxylic acid groups (broad SMARTS) is 1. The molecule has 2 aliphatic rings. The molecule has 0 aromatic carbocycles. The fraction of sp³-hybridized carbons (Fsp3) is 0.750. The maximum absolute atomic E-state index is 12.1. The first-order valence-corrected chi connectivity index (χ1v) is 6.07. The number of imide groups is 1. The van der Waals surface area contributed by atoms with Crippen LogP contribution in [-0.4, -0.2) is 33.8 Å². The standard InChI is InChI=1S/C12H17NO4/c1-3-9(12(16)17)13-10(14)7-4-6(2)5-8(7)11(13)15/h6-9H,3-5H2,1-2H3,(H,16,17). The molecule has 1 saturated heterocycles. The number of hydrogen-bond donors (Lipinski definition) is 1. The van der Waals surface area contributed by atoms with Gasteiger partial charge in [-0.2, -0.15) is 0 Å². The second-order valence-electron chi connectivity index (χ2n) is 5.10. The molecule has 5 heteroatoms. The molecule has 17 heavy (non-hydrogen) atoms. The third-order valence-electron chi connectivity index (χ3n) is 3.89. The number of likely N-dealkylation sites (tertiary alicyclic amines) is 1. The van der Waals surface area contributed by atoms with E-state index in [1.807, 2.05) is 6.92 Å². The number of nitrogens with zero attached hydrogens (tertiary/aromatic N) is 1. The van der Waals surface area contributed by atoms with Crippen molar-refractivity contribution in [2.24, 2.45) is 17.8 Å². The molecule has 1 aliphatic carbocycles. The monoisotopic (exact) mass is 239 g/mol. The summed E-state index contributed by atoms with van der Waals surface area (Å²) in [6.45, 7) is 3.70. The summed E-state index contributed by atoms with van der Waals surface area (Å²) in [6.07, 6.45) is 1.69. The van der Waals surface area contributed by atoms with E-state index in [1.54, 1.807) is 6.92 Å². The summed E-state index contributed by atoms with van der Waals surface area (Å²) in [5, 5.41) is 9.04. The lowest BCUT2D eigenvalue weighted by molar-refractivity contribution is -0.155. The topological polar surface area (TPSA) is 74.7 Å². The van der Waals surface area contributed by atoms with Crippen molar-refractivity contribution in [2.75, 3.05) is 0 Å². The number of carboxylic acids is 1. The average molecular weight is 239 g/mol. The number of carbonyl (C=O) groups is 3. The van der Waals surface area contributed by atoms with Gasteiger partial charge in [0.05, 0.1) is 11.8 Å². The van der Waals surface area contributed by atoms with Crippen LogP contribution in [-0.2, 0) is 14.4 Å². The zero-order chi connectivity index (χ0) is 12.7. The lowest BCUT2D eigenvalue weighted by atomic mass is 10.00. The van der Waals surface area contributed by atoms with Gasteiger partial charge in [0.15, 0.2) is 0 Å². The molecule has 2 amide bonds. The van der Waals surface area contributed by atoms with Crippen LogP contribution in [0.5, 0.6) is 0 Å². The first-order chi connectivity index (χ1) is 7.97. The van der Waals surface area contributed by atoms with Crippen molar-refractivity contribution in [3.8, 4) is 0 Å². The molecule has 0 aromatic heterocycles. The quantitative estimate of drug-likeness (QED) is 0.742. The van der Waals surface area contributed by atoms with E-state index in [1.165, 1.54) is 0 Å². The summed E-state index contributed by atoms with van der Waals surface area (Å²) in [5.74, 6) is -1.82. The van der Waals surface area contributed by atoms with Crippen molar-refractivity contribution in [2.45, 2.75) is 39.2 Å². The van der Waals surface area contributed by atoms with Gasteiger partial charge in [0.1, 0.15) is 6.04 Å². The lowest BCUT2D eigenvalue weighted by Crippen LogP contribution is -2.45. The van der Waals surface area contributed by atoms with E-state index in [9.17, 15) is 14.4 Å². The van der Waals surface area contributed by atoms with E-state index in [-0.39, 0.29) is 30.1 Å². The van der Waals surface area contributed by atoms with E-state index in [0.29, 0.717) is 18.8 Å². The number of amides is 2. The Balaban J connectivity index is 2.25. The minimum absolute atomic E-state index is 0.266. The molecule has 2 rings (SSSR count). The van der Waals surface area contributed by atoms with Crippen LogP contribution in [0, 0.1) is 17.8 Å². The predicted octanol–water partition coefficient (Wildman–Crippen LogP) is 0.881. The van der Waals surface area contributed by atoms with E-state index < -0.39 is 12.0 Å².